The van der Waals surface area contributed by atoms with Crippen molar-refractivity contribution >= 4 is 23.1 Å². The van der Waals surface area contributed by atoms with Gasteiger partial charge in [-0.3, -0.25) is 4.98 Å². The first-order valence-electron chi connectivity index (χ1n) is 10.2. The van der Waals surface area contributed by atoms with E-state index in [0.29, 0.717) is 6.61 Å². The van der Waals surface area contributed by atoms with Gasteiger partial charge in [-0.15, -0.1) is 0 Å². The Hall–Kier alpha value is -2.73. The summed E-state index contributed by atoms with van der Waals surface area (Å²) in [6, 6.07) is 8.31. The molecule has 152 valence electrons. The van der Waals surface area contributed by atoms with Crippen molar-refractivity contribution in [3.63, 3.8) is 0 Å². The number of ether oxygens (including phenoxy) is 1. The first-order chi connectivity index (χ1) is 14.2. The topological polar surface area (TPSA) is 68.5 Å². The predicted molar refractivity (Wildman–Crippen MR) is 113 cm³/mol. The number of carbonyl (C=O) groups is 1. The summed E-state index contributed by atoms with van der Waals surface area (Å²) >= 11 is 0. The van der Waals surface area contributed by atoms with E-state index in [1.807, 2.05) is 24.4 Å². The van der Waals surface area contributed by atoms with Crippen LogP contribution in [0.5, 0.6) is 0 Å². The number of rotatable bonds is 7. The molecule has 0 aliphatic carbocycles. The van der Waals surface area contributed by atoms with E-state index in [9.17, 15) is 4.79 Å². The lowest BCUT2D eigenvalue weighted by molar-refractivity contribution is -0.111. The maximum atomic E-state index is 11.3. The van der Waals surface area contributed by atoms with Crippen molar-refractivity contribution in [3.8, 4) is 11.3 Å². The van der Waals surface area contributed by atoms with Crippen LogP contribution in [0.25, 0.3) is 22.2 Å². The summed E-state index contributed by atoms with van der Waals surface area (Å²) in [6.45, 7) is 3.68. The van der Waals surface area contributed by atoms with Gasteiger partial charge in [0.2, 0.25) is 0 Å². The molecule has 0 spiro atoms. The third-order valence-corrected chi connectivity index (χ3v) is 5.69. The van der Waals surface area contributed by atoms with Crippen molar-refractivity contribution in [2.24, 2.45) is 5.92 Å². The highest BCUT2D eigenvalue weighted by atomic mass is 16.5. The minimum atomic E-state index is 0.129. The third kappa shape index (κ3) is 4.17. The third-order valence-electron chi connectivity index (χ3n) is 5.69. The van der Waals surface area contributed by atoms with Crippen LogP contribution in [-0.4, -0.2) is 42.6 Å². The van der Waals surface area contributed by atoms with E-state index in [2.05, 4.69) is 17.9 Å². The minimum Gasteiger partial charge on any atom is -0.464 e. The summed E-state index contributed by atoms with van der Waals surface area (Å²) in [7, 11) is 1.71. The molecule has 1 fully saturated rings. The van der Waals surface area contributed by atoms with Gasteiger partial charge in [0.1, 0.15) is 17.6 Å². The highest BCUT2D eigenvalue weighted by Gasteiger charge is 2.28. The number of methoxy groups -OCH3 is 1. The van der Waals surface area contributed by atoms with Crippen LogP contribution in [0.3, 0.4) is 0 Å². The SMILES string of the molecule is COCCCc1cnc(-c2ccc3occc3c2)c(N2CCC(C=O)CC2C)n1. The van der Waals surface area contributed by atoms with Gasteiger partial charge in [0, 0.05) is 49.4 Å². The van der Waals surface area contributed by atoms with E-state index in [4.69, 9.17) is 19.1 Å². The number of furan rings is 1. The van der Waals surface area contributed by atoms with Gasteiger partial charge < -0.3 is 18.8 Å². The van der Waals surface area contributed by atoms with Gasteiger partial charge in [-0.25, -0.2) is 4.98 Å². The van der Waals surface area contributed by atoms with Crippen LogP contribution in [0.4, 0.5) is 5.82 Å². The molecule has 6 nitrogen and oxygen atoms in total. The van der Waals surface area contributed by atoms with Gasteiger partial charge in [0.15, 0.2) is 5.82 Å². The number of piperidine rings is 1. The van der Waals surface area contributed by atoms with Crippen molar-refractivity contribution in [3.05, 3.63) is 42.4 Å². The van der Waals surface area contributed by atoms with Gasteiger partial charge in [-0.1, -0.05) is 0 Å². The summed E-state index contributed by atoms with van der Waals surface area (Å²) in [5.74, 6) is 1.03. The van der Waals surface area contributed by atoms with Crippen molar-refractivity contribution in [1.82, 2.24) is 9.97 Å². The van der Waals surface area contributed by atoms with Crippen LogP contribution in [-0.2, 0) is 16.0 Å². The molecule has 2 unspecified atom stereocenters. The van der Waals surface area contributed by atoms with Gasteiger partial charge >= 0.3 is 0 Å². The number of carbonyl (C=O) groups excluding carboxylic acids is 1. The van der Waals surface area contributed by atoms with Crippen LogP contribution < -0.4 is 4.90 Å². The van der Waals surface area contributed by atoms with Crippen LogP contribution in [0, 0.1) is 5.92 Å². The molecule has 0 N–H and O–H groups in total. The molecule has 3 heterocycles. The number of hydrogen-bond acceptors (Lipinski definition) is 6. The first-order valence-corrected chi connectivity index (χ1v) is 10.2. The van der Waals surface area contributed by atoms with Crippen LogP contribution in [0.2, 0.25) is 0 Å². The smallest absolute Gasteiger partial charge is 0.155 e. The summed E-state index contributed by atoms with van der Waals surface area (Å²) < 4.78 is 10.7. The Labute approximate surface area is 170 Å². The quantitative estimate of drug-likeness (QED) is 0.441. The second-order valence-electron chi connectivity index (χ2n) is 7.77. The fraction of sp³-hybridized carbons (Fsp3) is 0.435. The molecule has 1 aromatic carbocycles. The molecule has 4 rings (SSSR count). The fourth-order valence-electron chi connectivity index (χ4n) is 4.10. The van der Waals surface area contributed by atoms with Crippen LogP contribution >= 0.6 is 0 Å². The number of fused-ring (bicyclic) bond motifs is 1. The maximum Gasteiger partial charge on any atom is 0.155 e. The highest BCUT2D eigenvalue weighted by Crippen LogP contribution is 2.34. The Balaban J connectivity index is 1.72. The zero-order valence-electron chi connectivity index (χ0n) is 17.0. The molecule has 3 aromatic rings. The van der Waals surface area contributed by atoms with Gasteiger partial charge in [0.25, 0.3) is 0 Å². The van der Waals surface area contributed by atoms with Crippen LogP contribution in [0.15, 0.2) is 41.1 Å². The molecule has 1 saturated heterocycles. The number of anilines is 1. The van der Waals surface area contributed by atoms with E-state index in [0.717, 1.165) is 72.3 Å². The standard InChI is InChI=1S/C23H27N3O3/c1-16-12-17(15-27)7-9-26(16)23-22(24-14-20(25-23)4-3-10-28-2)19-5-6-21-18(13-19)8-11-29-21/h5-6,8,11,13-17H,3-4,7,9-10,12H2,1-2H3. The van der Waals surface area contributed by atoms with E-state index >= 15 is 0 Å². The normalized spacial score (nSPS) is 19.6. The average molecular weight is 393 g/mol. The second-order valence-corrected chi connectivity index (χ2v) is 7.77. The number of benzene rings is 1. The monoisotopic (exact) mass is 393 g/mol. The van der Waals surface area contributed by atoms with Gasteiger partial charge in [-0.05, 0) is 56.9 Å². The summed E-state index contributed by atoms with van der Waals surface area (Å²) in [4.78, 5) is 23.4. The molecule has 6 heteroatoms. The number of aryl methyl sites for hydroxylation is 1. The fourth-order valence-corrected chi connectivity index (χ4v) is 4.10. The molecular weight excluding hydrogens is 366 g/mol. The molecular formula is C23H27N3O3. The molecule has 0 saturated carbocycles. The van der Waals surface area contributed by atoms with Crippen molar-refractivity contribution < 1.29 is 13.9 Å². The summed E-state index contributed by atoms with van der Waals surface area (Å²) in [5, 5.41) is 1.05. The van der Waals surface area contributed by atoms with E-state index in [1.165, 1.54) is 0 Å². The number of hydrogen-bond donors (Lipinski definition) is 0. The van der Waals surface area contributed by atoms with Crippen molar-refractivity contribution in [2.45, 2.75) is 38.6 Å². The minimum absolute atomic E-state index is 0.129. The predicted octanol–water partition coefficient (Wildman–Crippen LogP) is 4.27. The highest BCUT2D eigenvalue weighted by molar-refractivity contribution is 5.85. The molecule has 29 heavy (non-hydrogen) atoms. The van der Waals surface area contributed by atoms with Gasteiger partial charge in [-0.2, -0.15) is 0 Å². The molecule has 2 aromatic heterocycles. The lowest BCUT2D eigenvalue weighted by atomic mass is 9.92. The largest absolute Gasteiger partial charge is 0.464 e. The Bertz CT molecular complexity index is 984. The molecule has 1 aliphatic rings. The zero-order valence-corrected chi connectivity index (χ0v) is 17.0. The lowest BCUT2D eigenvalue weighted by Crippen LogP contribution is -2.42. The number of nitrogens with zero attached hydrogens (tertiary/aromatic N) is 3. The first kappa shape index (κ1) is 19.6. The molecule has 0 bridgehead atoms. The van der Waals surface area contributed by atoms with E-state index < -0.39 is 0 Å². The van der Waals surface area contributed by atoms with Gasteiger partial charge in [0.05, 0.1) is 12.0 Å². The molecule has 2 atom stereocenters. The average Bonchev–Trinajstić information content (AvgIpc) is 3.21. The summed E-state index contributed by atoms with van der Waals surface area (Å²) in [5.41, 5.74) is 3.73. The maximum absolute atomic E-state index is 11.3. The molecule has 0 radical (unpaired) electrons. The summed E-state index contributed by atoms with van der Waals surface area (Å²) in [6.07, 6.45) is 8.10. The molecule has 0 amide bonds. The molecule has 1 aliphatic heterocycles. The Kier molecular flexibility index (Phi) is 5.90. The second kappa shape index (κ2) is 8.74. The lowest BCUT2D eigenvalue weighted by Gasteiger charge is -2.37. The Morgan fingerprint density at radius 2 is 2.24 bits per heavy atom. The number of aldehydes is 1. The number of aromatic nitrogens is 2. The van der Waals surface area contributed by atoms with Crippen LogP contribution in [0.1, 0.15) is 31.9 Å². The van der Waals surface area contributed by atoms with Crippen molar-refractivity contribution in [1.29, 1.82) is 0 Å². The van der Waals surface area contributed by atoms with E-state index in [-0.39, 0.29) is 12.0 Å². The van der Waals surface area contributed by atoms with E-state index in [1.54, 1.807) is 13.4 Å². The zero-order chi connectivity index (χ0) is 20.2. The Morgan fingerprint density at radius 1 is 1.34 bits per heavy atom. The van der Waals surface area contributed by atoms with Crippen molar-refractivity contribution in [2.75, 3.05) is 25.2 Å². The Morgan fingerprint density at radius 3 is 3.03 bits per heavy atom.